The van der Waals surface area contributed by atoms with Gasteiger partial charge in [-0.25, -0.2) is 0 Å². The Morgan fingerprint density at radius 1 is 0.576 bits per heavy atom. The molecular formula is C29H52O4. The molecule has 0 heterocycles. The molecule has 0 amide bonds. The van der Waals surface area contributed by atoms with Crippen LogP contribution in [0.4, 0.5) is 0 Å². The minimum Gasteiger partial charge on any atom is -0.465 e. The number of rotatable bonds is 18. The van der Waals surface area contributed by atoms with Gasteiger partial charge in [0.1, 0.15) is 6.10 Å². The Morgan fingerprint density at radius 3 is 1.52 bits per heavy atom. The molecule has 192 valence electrons. The number of hydrogen-bond acceptors (Lipinski definition) is 4. The molecule has 2 rings (SSSR count). The van der Waals surface area contributed by atoms with Crippen LogP contribution in [0.15, 0.2) is 0 Å². The van der Waals surface area contributed by atoms with E-state index >= 15 is 0 Å². The standard InChI is InChI=1S/C29H52O4/c1-2-3-4-5-6-7-8-9-10-11-12-13-14-19-24-32-28(30)26-22-17-18-23-27(26)29(31)33-25-20-15-16-21-25/h25-27H,2-24H2,1H3. The van der Waals surface area contributed by atoms with Crippen LogP contribution in [0.3, 0.4) is 0 Å². The fourth-order valence-electron chi connectivity index (χ4n) is 5.53. The highest BCUT2D eigenvalue weighted by atomic mass is 16.5. The van der Waals surface area contributed by atoms with Crippen molar-refractivity contribution < 1.29 is 19.1 Å². The first-order valence-electron chi connectivity index (χ1n) is 14.6. The Hall–Kier alpha value is -1.06. The molecule has 4 nitrogen and oxygen atoms in total. The Morgan fingerprint density at radius 2 is 1.00 bits per heavy atom. The molecule has 0 aliphatic heterocycles. The third kappa shape index (κ3) is 12.3. The molecule has 0 spiro atoms. The molecule has 2 saturated carbocycles. The molecule has 0 bridgehead atoms. The fourth-order valence-corrected chi connectivity index (χ4v) is 5.53. The van der Waals surface area contributed by atoms with Gasteiger partial charge in [0.15, 0.2) is 0 Å². The summed E-state index contributed by atoms with van der Waals surface area (Å²) < 4.78 is 11.3. The average Bonchev–Trinajstić information content (AvgIpc) is 3.34. The Labute approximate surface area is 203 Å². The molecule has 2 aliphatic rings. The molecule has 2 unspecified atom stereocenters. The van der Waals surface area contributed by atoms with Crippen molar-refractivity contribution in [3.63, 3.8) is 0 Å². The third-order valence-corrected chi connectivity index (χ3v) is 7.70. The first-order chi connectivity index (χ1) is 16.2. The van der Waals surface area contributed by atoms with E-state index in [-0.39, 0.29) is 29.9 Å². The quantitative estimate of drug-likeness (QED) is 0.151. The van der Waals surface area contributed by atoms with Crippen molar-refractivity contribution in [3.8, 4) is 0 Å². The van der Waals surface area contributed by atoms with E-state index in [1.807, 2.05) is 0 Å². The van der Waals surface area contributed by atoms with Crippen LogP contribution in [0.25, 0.3) is 0 Å². The highest BCUT2D eigenvalue weighted by molar-refractivity contribution is 5.82. The molecule has 4 heteroatoms. The van der Waals surface area contributed by atoms with Crippen LogP contribution in [0.1, 0.15) is 148 Å². The van der Waals surface area contributed by atoms with Gasteiger partial charge in [0, 0.05) is 0 Å². The van der Waals surface area contributed by atoms with E-state index in [9.17, 15) is 9.59 Å². The molecule has 0 saturated heterocycles. The smallest absolute Gasteiger partial charge is 0.310 e. The number of esters is 2. The van der Waals surface area contributed by atoms with Gasteiger partial charge < -0.3 is 9.47 Å². The number of carbonyl (C=O) groups is 2. The van der Waals surface area contributed by atoms with Gasteiger partial charge in [-0.15, -0.1) is 0 Å². The summed E-state index contributed by atoms with van der Waals surface area (Å²) in [6.07, 6.45) is 26.4. The molecule has 0 aromatic carbocycles. The van der Waals surface area contributed by atoms with Crippen molar-refractivity contribution in [1.29, 1.82) is 0 Å². The summed E-state index contributed by atoms with van der Waals surface area (Å²) in [4.78, 5) is 25.3. The number of hydrogen-bond donors (Lipinski definition) is 0. The van der Waals surface area contributed by atoms with E-state index in [0.29, 0.717) is 6.61 Å². The van der Waals surface area contributed by atoms with Crippen molar-refractivity contribution in [2.75, 3.05) is 6.61 Å². The summed E-state index contributed by atoms with van der Waals surface area (Å²) in [5.74, 6) is -0.903. The normalized spacial score (nSPS) is 21.2. The molecule has 0 radical (unpaired) electrons. The van der Waals surface area contributed by atoms with Crippen LogP contribution < -0.4 is 0 Å². The maximum atomic E-state index is 12.7. The maximum absolute atomic E-state index is 12.7. The molecule has 2 fully saturated rings. The summed E-state index contributed by atoms with van der Waals surface area (Å²) in [7, 11) is 0. The number of ether oxygens (including phenoxy) is 2. The lowest BCUT2D eigenvalue weighted by Crippen LogP contribution is -2.36. The first-order valence-corrected chi connectivity index (χ1v) is 14.6. The van der Waals surface area contributed by atoms with Gasteiger partial charge in [0.25, 0.3) is 0 Å². The summed E-state index contributed by atoms with van der Waals surface area (Å²) in [5.41, 5.74) is 0. The van der Waals surface area contributed by atoms with Crippen LogP contribution in [-0.4, -0.2) is 24.6 Å². The van der Waals surface area contributed by atoms with E-state index in [1.54, 1.807) is 0 Å². The van der Waals surface area contributed by atoms with Crippen LogP contribution in [-0.2, 0) is 19.1 Å². The van der Waals surface area contributed by atoms with E-state index in [1.165, 1.54) is 77.0 Å². The minimum absolute atomic E-state index is 0.0756. The average molecular weight is 465 g/mol. The monoisotopic (exact) mass is 464 g/mol. The Bertz CT molecular complexity index is 512. The molecule has 2 aliphatic carbocycles. The molecule has 2 atom stereocenters. The second-order valence-electron chi connectivity index (χ2n) is 10.6. The lowest BCUT2D eigenvalue weighted by molar-refractivity contribution is -0.166. The van der Waals surface area contributed by atoms with Gasteiger partial charge in [0.05, 0.1) is 18.4 Å². The molecule has 0 aromatic rings. The highest BCUT2D eigenvalue weighted by Crippen LogP contribution is 2.33. The highest BCUT2D eigenvalue weighted by Gasteiger charge is 2.38. The zero-order valence-electron chi connectivity index (χ0n) is 21.6. The van der Waals surface area contributed by atoms with E-state index in [4.69, 9.17) is 9.47 Å². The van der Waals surface area contributed by atoms with E-state index in [2.05, 4.69) is 6.92 Å². The lowest BCUT2D eigenvalue weighted by atomic mass is 9.79. The minimum atomic E-state index is -0.292. The maximum Gasteiger partial charge on any atom is 0.310 e. The van der Waals surface area contributed by atoms with Gasteiger partial charge in [-0.2, -0.15) is 0 Å². The molecule has 0 N–H and O–H groups in total. The van der Waals surface area contributed by atoms with Gasteiger partial charge in [-0.3, -0.25) is 9.59 Å². The van der Waals surface area contributed by atoms with Crippen molar-refractivity contribution in [3.05, 3.63) is 0 Å². The summed E-state index contributed by atoms with van der Waals surface area (Å²) in [5, 5.41) is 0. The van der Waals surface area contributed by atoms with Crippen molar-refractivity contribution in [2.45, 2.75) is 154 Å². The van der Waals surface area contributed by atoms with Crippen molar-refractivity contribution in [1.82, 2.24) is 0 Å². The second kappa shape index (κ2) is 18.3. The van der Waals surface area contributed by atoms with Crippen LogP contribution in [0, 0.1) is 11.8 Å². The summed E-state index contributed by atoms with van der Waals surface area (Å²) in [6, 6.07) is 0. The Balaban J connectivity index is 1.45. The topological polar surface area (TPSA) is 52.6 Å². The van der Waals surface area contributed by atoms with Gasteiger partial charge in [-0.1, -0.05) is 103 Å². The van der Waals surface area contributed by atoms with Crippen molar-refractivity contribution >= 4 is 11.9 Å². The fraction of sp³-hybridized carbons (Fsp3) is 0.931. The SMILES string of the molecule is CCCCCCCCCCCCCCCCOC(=O)C1CCCCC1C(=O)OC1CCCC1. The van der Waals surface area contributed by atoms with Gasteiger partial charge >= 0.3 is 11.9 Å². The van der Waals surface area contributed by atoms with Crippen molar-refractivity contribution in [2.24, 2.45) is 11.8 Å². The molecule has 33 heavy (non-hydrogen) atoms. The summed E-state index contributed by atoms with van der Waals surface area (Å²) in [6.45, 7) is 2.77. The first kappa shape index (κ1) is 28.2. The van der Waals surface area contributed by atoms with Crippen LogP contribution in [0.5, 0.6) is 0 Å². The zero-order chi connectivity index (χ0) is 23.6. The van der Waals surface area contributed by atoms with E-state index in [0.717, 1.165) is 64.2 Å². The molecular weight excluding hydrogens is 412 g/mol. The summed E-state index contributed by atoms with van der Waals surface area (Å²) >= 11 is 0. The number of unbranched alkanes of at least 4 members (excludes halogenated alkanes) is 13. The largest absolute Gasteiger partial charge is 0.465 e. The number of carbonyl (C=O) groups excluding carboxylic acids is 2. The molecule has 0 aromatic heterocycles. The van der Waals surface area contributed by atoms with Gasteiger partial charge in [-0.05, 0) is 44.9 Å². The van der Waals surface area contributed by atoms with Crippen LogP contribution in [0.2, 0.25) is 0 Å². The predicted octanol–water partition coefficient (Wildman–Crippen LogP) is 8.30. The lowest BCUT2D eigenvalue weighted by Gasteiger charge is -2.29. The Kier molecular flexibility index (Phi) is 15.6. The van der Waals surface area contributed by atoms with Crippen LogP contribution >= 0.6 is 0 Å². The van der Waals surface area contributed by atoms with Gasteiger partial charge in [0.2, 0.25) is 0 Å². The predicted molar refractivity (Wildman–Crippen MR) is 135 cm³/mol. The zero-order valence-corrected chi connectivity index (χ0v) is 21.6. The van der Waals surface area contributed by atoms with E-state index < -0.39 is 0 Å². The second-order valence-corrected chi connectivity index (χ2v) is 10.6. The third-order valence-electron chi connectivity index (χ3n) is 7.70.